The molecule has 16 heavy (non-hydrogen) atoms. The molecule has 1 aromatic rings. The molecule has 0 spiro atoms. The maximum atomic E-state index is 9.17. The van der Waals surface area contributed by atoms with Crippen molar-refractivity contribution in [2.45, 2.75) is 20.0 Å². The lowest BCUT2D eigenvalue weighted by Crippen LogP contribution is -2.14. The largest absolute Gasteiger partial charge is 0.487 e. The van der Waals surface area contributed by atoms with Crippen LogP contribution >= 0.6 is 0 Å². The second-order valence-corrected chi connectivity index (χ2v) is 3.48. The summed E-state index contributed by atoms with van der Waals surface area (Å²) >= 11 is 0. The quantitative estimate of drug-likeness (QED) is 0.793. The number of para-hydroxylation sites is 1. The third kappa shape index (κ3) is 3.14. The summed E-state index contributed by atoms with van der Waals surface area (Å²) in [5.41, 5.74) is 1.25. The number of aliphatic hydroxyl groups excluding tert-OH is 1. The van der Waals surface area contributed by atoms with Crippen molar-refractivity contribution in [2.75, 3.05) is 18.5 Å². The van der Waals surface area contributed by atoms with Crippen LogP contribution in [-0.4, -0.2) is 24.4 Å². The van der Waals surface area contributed by atoms with E-state index in [1.165, 1.54) is 0 Å². The summed E-state index contributed by atoms with van der Waals surface area (Å²) in [5, 5.41) is 21.2. The average molecular weight is 220 g/mol. The molecule has 0 aliphatic carbocycles. The molecular weight excluding hydrogens is 204 g/mol. The van der Waals surface area contributed by atoms with Gasteiger partial charge in [-0.05, 0) is 26.0 Å². The summed E-state index contributed by atoms with van der Waals surface area (Å²) in [6.07, 6.45) is -0.554. The number of nitrogens with one attached hydrogen (secondary N) is 1. The molecule has 1 aromatic carbocycles. The first-order valence-corrected chi connectivity index (χ1v) is 5.26. The molecule has 0 radical (unpaired) electrons. The third-order valence-corrected chi connectivity index (χ3v) is 1.97. The van der Waals surface area contributed by atoms with Gasteiger partial charge < -0.3 is 15.2 Å². The summed E-state index contributed by atoms with van der Waals surface area (Å²) in [6.45, 7) is 4.54. The molecule has 1 rings (SSSR count). The van der Waals surface area contributed by atoms with Crippen LogP contribution in [0.2, 0.25) is 0 Å². The first-order valence-electron chi connectivity index (χ1n) is 5.26. The first-order chi connectivity index (χ1) is 7.69. The van der Waals surface area contributed by atoms with E-state index < -0.39 is 6.10 Å². The van der Waals surface area contributed by atoms with Crippen LogP contribution in [0.4, 0.5) is 5.69 Å². The zero-order valence-corrected chi connectivity index (χ0v) is 9.53. The summed E-state index contributed by atoms with van der Waals surface area (Å²) in [6, 6.07) is 7.41. The highest BCUT2D eigenvalue weighted by molar-refractivity contribution is 5.63. The molecule has 0 aliphatic heterocycles. The number of benzene rings is 1. The number of aliphatic hydroxyl groups is 1. The number of hydrogen-bond acceptors (Lipinski definition) is 4. The molecular formula is C12H16N2O2. The van der Waals surface area contributed by atoms with E-state index in [1.807, 2.05) is 13.0 Å². The standard InChI is InChI=1S/C12H16N2O2/c1-3-14-11-6-4-5-10(7-13)12(11)16-8-9(2)15/h4-6,9,14-15H,3,8H2,1-2H3. The summed E-state index contributed by atoms with van der Waals surface area (Å²) in [7, 11) is 0. The van der Waals surface area contributed by atoms with E-state index in [0.29, 0.717) is 11.3 Å². The second kappa shape index (κ2) is 5.99. The number of hydrogen-bond donors (Lipinski definition) is 2. The van der Waals surface area contributed by atoms with Crippen molar-refractivity contribution in [3.05, 3.63) is 23.8 Å². The number of anilines is 1. The Kier molecular flexibility index (Phi) is 4.62. The Morgan fingerprint density at radius 2 is 2.31 bits per heavy atom. The fourth-order valence-corrected chi connectivity index (χ4v) is 1.31. The SMILES string of the molecule is CCNc1cccc(C#N)c1OCC(C)O. The third-order valence-electron chi connectivity index (χ3n) is 1.97. The Hall–Kier alpha value is -1.73. The van der Waals surface area contributed by atoms with Crippen LogP contribution in [0, 0.1) is 11.3 Å². The molecule has 0 fully saturated rings. The van der Waals surface area contributed by atoms with Crippen LogP contribution in [0.5, 0.6) is 5.75 Å². The first kappa shape index (κ1) is 12.3. The lowest BCUT2D eigenvalue weighted by molar-refractivity contribution is 0.123. The van der Waals surface area contributed by atoms with Crippen LogP contribution < -0.4 is 10.1 Å². The number of ether oxygens (including phenoxy) is 1. The van der Waals surface area contributed by atoms with Crippen LogP contribution in [0.3, 0.4) is 0 Å². The van der Waals surface area contributed by atoms with Crippen LogP contribution in [0.25, 0.3) is 0 Å². The molecule has 0 bridgehead atoms. The summed E-state index contributed by atoms with van der Waals surface area (Å²) < 4.78 is 5.44. The minimum absolute atomic E-state index is 0.178. The Labute approximate surface area is 95.5 Å². The van der Waals surface area contributed by atoms with E-state index in [9.17, 15) is 0 Å². The average Bonchev–Trinajstić information content (AvgIpc) is 2.27. The highest BCUT2D eigenvalue weighted by Gasteiger charge is 2.09. The molecule has 0 heterocycles. The van der Waals surface area contributed by atoms with Gasteiger partial charge in [0.1, 0.15) is 12.7 Å². The highest BCUT2D eigenvalue weighted by atomic mass is 16.5. The fraction of sp³-hybridized carbons (Fsp3) is 0.417. The van der Waals surface area contributed by atoms with Crippen molar-refractivity contribution in [3.63, 3.8) is 0 Å². The molecule has 1 unspecified atom stereocenters. The lowest BCUT2D eigenvalue weighted by atomic mass is 10.2. The van der Waals surface area contributed by atoms with Crippen LogP contribution in [0.1, 0.15) is 19.4 Å². The lowest BCUT2D eigenvalue weighted by Gasteiger charge is -2.14. The number of rotatable bonds is 5. The van der Waals surface area contributed by atoms with Gasteiger partial charge in [-0.1, -0.05) is 6.07 Å². The fourth-order valence-electron chi connectivity index (χ4n) is 1.31. The topological polar surface area (TPSA) is 65.3 Å². The van der Waals surface area contributed by atoms with Gasteiger partial charge in [-0.25, -0.2) is 0 Å². The van der Waals surface area contributed by atoms with Gasteiger partial charge in [-0.3, -0.25) is 0 Å². The van der Waals surface area contributed by atoms with Gasteiger partial charge in [0.05, 0.1) is 17.4 Å². The summed E-state index contributed by atoms with van der Waals surface area (Å²) in [5.74, 6) is 0.507. The van der Waals surface area contributed by atoms with E-state index in [1.54, 1.807) is 19.1 Å². The predicted octanol–water partition coefficient (Wildman–Crippen LogP) is 1.75. The Morgan fingerprint density at radius 3 is 2.88 bits per heavy atom. The molecule has 0 aromatic heterocycles. The van der Waals surface area contributed by atoms with Crippen molar-refractivity contribution in [1.82, 2.24) is 0 Å². The van der Waals surface area contributed by atoms with Gasteiger partial charge in [0.25, 0.3) is 0 Å². The van der Waals surface area contributed by atoms with E-state index in [2.05, 4.69) is 11.4 Å². The van der Waals surface area contributed by atoms with Crippen molar-refractivity contribution >= 4 is 5.69 Å². The molecule has 86 valence electrons. The number of nitriles is 1. The van der Waals surface area contributed by atoms with Gasteiger partial charge in [0.2, 0.25) is 0 Å². The Morgan fingerprint density at radius 1 is 1.56 bits per heavy atom. The monoisotopic (exact) mass is 220 g/mol. The van der Waals surface area contributed by atoms with Crippen molar-refractivity contribution in [2.24, 2.45) is 0 Å². The molecule has 4 heteroatoms. The van der Waals surface area contributed by atoms with Gasteiger partial charge in [-0.15, -0.1) is 0 Å². The molecule has 0 saturated carbocycles. The zero-order chi connectivity index (χ0) is 12.0. The normalized spacial score (nSPS) is 11.6. The predicted molar refractivity (Wildman–Crippen MR) is 62.5 cm³/mol. The molecule has 0 amide bonds. The van der Waals surface area contributed by atoms with Crippen LogP contribution in [-0.2, 0) is 0 Å². The van der Waals surface area contributed by atoms with Gasteiger partial charge >= 0.3 is 0 Å². The van der Waals surface area contributed by atoms with Crippen LogP contribution in [0.15, 0.2) is 18.2 Å². The molecule has 0 aliphatic rings. The van der Waals surface area contributed by atoms with E-state index >= 15 is 0 Å². The van der Waals surface area contributed by atoms with Gasteiger partial charge in [0, 0.05) is 6.54 Å². The van der Waals surface area contributed by atoms with E-state index in [-0.39, 0.29) is 6.61 Å². The molecule has 1 atom stereocenters. The highest BCUT2D eigenvalue weighted by Crippen LogP contribution is 2.28. The second-order valence-electron chi connectivity index (χ2n) is 3.48. The molecule has 0 saturated heterocycles. The zero-order valence-electron chi connectivity index (χ0n) is 9.53. The van der Waals surface area contributed by atoms with Crippen molar-refractivity contribution in [3.8, 4) is 11.8 Å². The van der Waals surface area contributed by atoms with Crippen molar-refractivity contribution < 1.29 is 9.84 Å². The summed E-state index contributed by atoms with van der Waals surface area (Å²) in [4.78, 5) is 0. The Bertz CT molecular complexity index is 383. The molecule has 2 N–H and O–H groups in total. The smallest absolute Gasteiger partial charge is 0.160 e. The van der Waals surface area contributed by atoms with Gasteiger partial charge in [0.15, 0.2) is 5.75 Å². The minimum Gasteiger partial charge on any atom is -0.487 e. The van der Waals surface area contributed by atoms with E-state index in [0.717, 1.165) is 12.2 Å². The van der Waals surface area contributed by atoms with E-state index in [4.69, 9.17) is 15.1 Å². The maximum absolute atomic E-state index is 9.17. The van der Waals surface area contributed by atoms with Gasteiger partial charge in [-0.2, -0.15) is 5.26 Å². The van der Waals surface area contributed by atoms with Crippen molar-refractivity contribution in [1.29, 1.82) is 5.26 Å². The Balaban J connectivity index is 2.96. The molecule has 4 nitrogen and oxygen atoms in total. The number of nitrogens with zero attached hydrogens (tertiary/aromatic N) is 1. The minimum atomic E-state index is -0.554. The maximum Gasteiger partial charge on any atom is 0.160 e.